The number of hydrogen-bond donors (Lipinski definition) is 1. The quantitative estimate of drug-likeness (QED) is 0.912. The smallest absolute Gasteiger partial charge is 0.253 e. The van der Waals surface area contributed by atoms with Gasteiger partial charge in [0.25, 0.3) is 5.91 Å². The maximum Gasteiger partial charge on any atom is 0.253 e. The minimum Gasteiger partial charge on any atom is -0.307 e. The Morgan fingerprint density at radius 3 is 2.82 bits per heavy atom. The van der Waals surface area contributed by atoms with Crippen LogP contribution in [0.15, 0.2) is 22.9 Å². The van der Waals surface area contributed by atoms with Crippen LogP contribution in [0.3, 0.4) is 0 Å². The molecule has 120 valence electrons. The van der Waals surface area contributed by atoms with Crippen LogP contribution in [0.2, 0.25) is 0 Å². The van der Waals surface area contributed by atoms with Gasteiger partial charge in [-0.2, -0.15) is 5.10 Å². The molecular weight excluding hydrogens is 326 g/mol. The summed E-state index contributed by atoms with van der Waals surface area (Å²) in [7, 11) is -3.00. The Balaban J connectivity index is 1.77. The van der Waals surface area contributed by atoms with Gasteiger partial charge in [-0.25, -0.2) is 13.1 Å². The summed E-state index contributed by atoms with van der Waals surface area (Å²) in [5, 5.41) is 7.61. The summed E-state index contributed by atoms with van der Waals surface area (Å²) in [5.41, 5.74) is 0.625. The van der Waals surface area contributed by atoms with Crippen molar-refractivity contribution in [3.05, 3.63) is 22.9 Å². The Morgan fingerprint density at radius 1 is 1.36 bits per heavy atom. The van der Waals surface area contributed by atoms with Gasteiger partial charge in [0.1, 0.15) is 5.82 Å². The predicted octanol–water partition coefficient (Wildman–Crippen LogP) is 2.25. The lowest BCUT2D eigenvalue weighted by molar-refractivity contribution is -0.113. The highest BCUT2D eigenvalue weighted by atomic mass is 35.5. The highest BCUT2D eigenvalue weighted by Crippen LogP contribution is 2.30. The molecule has 22 heavy (non-hydrogen) atoms. The molecule has 0 unspecified atom stereocenters. The third-order valence-electron chi connectivity index (χ3n) is 4.14. The first-order valence-electron chi connectivity index (χ1n) is 7.39. The second kappa shape index (κ2) is 6.04. The Morgan fingerprint density at radius 2 is 2.14 bits per heavy atom. The van der Waals surface area contributed by atoms with E-state index in [9.17, 15) is 13.2 Å². The zero-order valence-electron chi connectivity index (χ0n) is 12.1. The average Bonchev–Trinajstić information content (AvgIpc) is 3.05. The highest BCUT2D eigenvalue weighted by molar-refractivity contribution is 7.91. The summed E-state index contributed by atoms with van der Waals surface area (Å²) in [6.07, 6.45) is 5.47. The van der Waals surface area contributed by atoms with Gasteiger partial charge < -0.3 is 5.32 Å². The van der Waals surface area contributed by atoms with E-state index >= 15 is 0 Å². The number of sulfone groups is 1. The first kappa shape index (κ1) is 15.6. The minimum absolute atomic E-state index is 0.0704. The van der Waals surface area contributed by atoms with Crippen molar-refractivity contribution >= 4 is 33.2 Å². The van der Waals surface area contributed by atoms with Crippen LogP contribution in [0.5, 0.6) is 0 Å². The van der Waals surface area contributed by atoms with Crippen LogP contribution in [0, 0.1) is 0 Å². The first-order chi connectivity index (χ1) is 10.5. The van der Waals surface area contributed by atoms with Crippen molar-refractivity contribution in [2.45, 2.75) is 38.1 Å². The molecule has 0 spiro atoms. The minimum atomic E-state index is -3.00. The largest absolute Gasteiger partial charge is 0.307 e. The lowest BCUT2D eigenvalue weighted by Gasteiger charge is -2.17. The molecule has 0 radical (unpaired) electrons. The lowest BCUT2D eigenvalue weighted by Crippen LogP contribution is -2.22. The second-order valence-electron chi connectivity index (χ2n) is 5.76. The number of nitrogens with one attached hydrogen (secondary N) is 1. The van der Waals surface area contributed by atoms with Gasteiger partial charge in [0.15, 0.2) is 9.84 Å². The number of nitrogens with zero attached hydrogens (tertiary/aromatic N) is 2. The number of carbonyl (C=O) groups is 1. The fourth-order valence-corrected chi connectivity index (χ4v) is 4.98. The van der Waals surface area contributed by atoms with E-state index in [2.05, 4.69) is 10.4 Å². The van der Waals surface area contributed by atoms with E-state index in [0.717, 1.165) is 19.3 Å². The molecule has 1 saturated heterocycles. The van der Waals surface area contributed by atoms with Gasteiger partial charge in [0.05, 0.1) is 23.7 Å². The molecule has 1 aromatic heterocycles. The fourth-order valence-electron chi connectivity index (χ4n) is 2.97. The Bertz CT molecular complexity index is 723. The van der Waals surface area contributed by atoms with Crippen molar-refractivity contribution in [2.75, 3.05) is 16.8 Å². The summed E-state index contributed by atoms with van der Waals surface area (Å²) < 4.78 is 24.8. The van der Waals surface area contributed by atoms with Crippen LogP contribution in [-0.2, 0) is 14.6 Å². The van der Waals surface area contributed by atoms with Crippen LogP contribution in [0.1, 0.15) is 38.1 Å². The molecule has 0 bridgehead atoms. The zero-order chi connectivity index (χ0) is 15.7. The fraction of sp³-hybridized carbons (Fsp3) is 0.571. The van der Waals surface area contributed by atoms with E-state index in [4.69, 9.17) is 11.6 Å². The van der Waals surface area contributed by atoms with Gasteiger partial charge in [0.2, 0.25) is 0 Å². The molecule has 1 fully saturated rings. The molecule has 1 atom stereocenters. The third-order valence-corrected chi connectivity index (χ3v) is 6.31. The van der Waals surface area contributed by atoms with Gasteiger partial charge in [0, 0.05) is 16.7 Å². The van der Waals surface area contributed by atoms with E-state index in [1.54, 1.807) is 16.9 Å². The van der Waals surface area contributed by atoms with Gasteiger partial charge in [-0.3, -0.25) is 4.79 Å². The monoisotopic (exact) mass is 343 g/mol. The number of rotatable bonds is 3. The molecule has 1 aliphatic heterocycles. The molecule has 3 rings (SSSR count). The SMILES string of the molecule is O=C(Nc1ccnn1[C@@H]1CCS(=O)(=O)C1)C1=C(Cl)CCCC1. The van der Waals surface area contributed by atoms with E-state index < -0.39 is 9.84 Å². The van der Waals surface area contributed by atoms with Crippen molar-refractivity contribution in [1.29, 1.82) is 0 Å². The van der Waals surface area contributed by atoms with Gasteiger partial charge in [-0.05, 0) is 32.1 Å². The first-order valence-corrected chi connectivity index (χ1v) is 9.59. The number of carbonyl (C=O) groups excluding carboxylic acids is 1. The van der Waals surface area contributed by atoms with Crippen LogP contribution in [0.25, 0.3) is 0 Å². The number of hydrogen-bond acceptors (Lipinski definition) is 4. The summed E-state index contributed by atoms with van der Waals surface area (Å²) in [4.78, 5) is 12.4. The van der Waals surface area contributed by atoms with Crippen LogP contribution >= 0.6 is 11.6 Å². The Hall–Kier alpha value is -1.34. The van der Waals surface area contributed by atoms with Crippen LogP contribution in [-0.4, -0.2) is 35.6 Å². The summed E-state index contributed by atoms with van der Waals surface area (Å²) >= 11 is 6.14. The van der Waals surface area contributed by atoms with E-state index in [-0.39, 0.29) is 23.5 Å². The zero-order valence-corrected chi connectivity index (χ0v) is 13.7. The normalized spacial score (nSPS) is 24.5. The van der Waals surface area contributed by atoms with Gasteiger partial charge in [-0.15, -0.1) is 0 Å². The number of anilines is 1. The predicted molar refractivity (Wildman–Crippen MR) is 84.5 cm³/mol. The van der Waals surface area contributed by atoms with Crippen molar-refractivity contribution in [3.63, 3.8) is 0 Å². The molecule has 2 heterocycles. The van der Waals surface area contributed by atoms with Gasteiger partial charge in [-0.1, -0.05) is 11.6 Å². The molecule has 0 aromatic carbocycles. The molecule has 1 aromatic rings. The van der Waals surface area contributed by atoms with E-state index in [0.29, 0.717) is 29.3 Å². The number of halogens is 1. The Kier molecular flexibility index (Phi) is 4.27. The molecule has 6 nitrogen and oxygen atoms in total. The van der Waals surface area contributed by atoms with Crippen molar-refractivity contribution in [1.82, 2.24) is 9.78 Å². The van der Waals surface area contributed by atoms with Crippen molar-refractivity contribution in [3.8, 4) is 0 Å². The maximum absolute atomic E-state index is 12.4. The van der Waals surface area contributed by atoms with Crippen molar-refractivity contribution in [2.24, 2.45) is 0 Å². The van der Waals surface area contributed by atoms with Gasteiger partial charge >= 0.3 is 0 Å². The molecule has 1 amide bonds. The summed E-state index contributed by atoms with van der Waals surface area (Å²) in [5.74, 6) is 0.546. The summed E-state index contributed by atoms with van der Waals surface area (Å²) in [6, 6.07) is 1.46. The molecule has 0 saturated carbocycles. The van der Waals surface area contributed by atoms with E-state index in [1.165, 1.54) is 0 Å². The standard InChI is InChI=1S/C14H18ClN3O3S/c15-12-4-2-1-3-11(12)14(19)17-13-5-7-16-18(13)10-6-8-22(20,21)9-10/h5,7,10H,1-4,6,8-9H2,(H,17,19)/t10-/m1/s1. The number of allylic oxidation sites excluding steroid dienone is 1. The molecular formula is C14H18ClN3O3S. The topological polar surface area (TPSA) is 81.1 Å². The number of amides is 1. The maximum atomic E-state index is 12.4. The summed E-state index contributed by atoms with van der Waals surface area (Å²) in [6.45, 7) is 0. The van der Waals surface area contributed by atoms with Crippen LogP contribution in [0.4, 0.5) is 5.82 Å². The molecule has 1 aliphatic carbocycles. The molecule has 8 heteroatoms. The Labute approximate surface area is 134 Å². The van der Waals surface area contributed by atoms with Crippen molar-refractivity contribution < 1.29 is 13.2 Å². The van der Waals surface area contributed by atoms with Crippen LogP contribution < -0.4 is 5.32 Å². The molecule has 1 N–H and O–H groups in total. The lowest BCUT2D eigenvalue weighted by atomic mass is 9.99. The average molecular weight is 344 g/mol. The third kappa shape index (κ3) is 3.20. The van der Waals surface area contributed by atoms with E-state index in [1.807, 2.05) is 0 Å². The molecule has 2 aliphatic rings. The number of aromatic nitrogens is 2. The highest BCUT2D eigenvalue weighted by Gasteiger charge is 2.31. The second-order valence-corrected chi connectivity index (χ2v) is 8.45.